The molecule has 0 saturated carbocycles. The largest absolute Gasteiger partial charge is 0.297 e. The van der Waals surface area contributed by atoms with Gasteiger partial charge >= 0.3 is 0 Å². The van der Waals surface area contributed by atoms with Gasteiger partial charge in [0, 0.05) is 28.4 Å². The number of H-pyrrole nitrogens is 1. The normalized spacial score (nSPS) is 10.9. The minimum absolute atomic E-state index is 0.120. The van der Waals surface area contributed by atoms with Crippen LogP contribution in [0.1, 0.15) is 0 Å². The van der Waals surface area contributed by atoms with E-state index in [0.29, 0.717) is 11.3 Å². The van der Waals surface area contributed by atoms with E-state index in [4.69, 9.17) is 0 Å². The lowest BCUT2D eigenvalue weighted by Gasteiger charge is -2.03. The number of aromatic nitrogens is 3. The Bertz CT molecular complexity index is 745. The van der Waals surface area contributed by atoms with E-state index in [1.165, 1.54) is 10.6 Å². The zero-order valence-corrected chi connectivity index (χ0v) is 10.3. The van der Waals surface area contributed by atoms with E-state index in [1.807, 2.05) is 24.3 Å². The third-order valence-electron chi connectivity index (χ3n) is 2.53. The Hall–Kier alpha value is -1.88. The average Bonchev–Trinajstić information content (AvgIpc) is 2.78. The Morgan fingerprint density at radius 2 is 2.06 bits per heavy atom. The number of hydrogen-bond donors (Lipinski definition) is 1. The Balaban J connectivity index is 2.32. The molecule has 0 spiro atoms. The number of aromatic amines is 1. The van der Waals surface area contributed by atoms with Gasteiger partial charge in [0.05, 0.1) is 5.69 Å². The standard InChI is InChI=1S/C12H8BrN3O/c13-9-4-2-1-3-8(9)10-7-12(17)16-11(15-10)5-6-14-16/h1-7,14H. The van der Waals surface area contributed by atoms with Gasteiger partial charge in [-0.25, -0.2) is 9.50 Å². The summed E-state index contributed by atoms with van der Waals surface area (Å²) in [5.74, 6) is 0. The number of nitrogens with zero attached hydrogens (tertiary/aromatic N) is 2. The van der Waals surface area contributed by atoms with Gasteiger partial charge in [0.15, 0.2) is 5.65 Å². The molecule has 0 saturated heterocycles. The SMILES string of the molecule is O=c1cc(-c2ccccc2Br)nc2cc[nH]n12. The maximum absolute atomic E-state index is 11.8. The summed E-state index contributed by atoms with van der Waals surface area (Å²) in [4.78, 5) is 16.3. The summed E-state index contributed by atoms with van der Waals surface area (Å²) in [6.07, 6.45) is 1.69. The van der Waals surface area contributed by atoms with Crippen molar-refractivity contribution in [1.29, 1.82) is 0 Å². The molecule has 3 aromatic rings. The van der Waals surface area contributed by atoms with E-state index in [1.54, 1.807) is 12.3 Å². The van der Waals surface area contributed by atoms with Gasteiger partial charge in [-0.15, -0.1) is 0 Å². The molecule has 2 aromatic heterocycles. The fourth-order valence-electron chi connectivity index (χ4n) is 1.73. The Morgan fingerprint density at radius 3 is 2.88 bits per heavy atom. The Kier molecular flexibility index (Phi) is 2.33. The van der Waals surface area contributed by atoms with Gasteiger partial charge in [-0.2, -0.15) is 0 Å². The van der Waals surface area contributed by atoms with E-state index in [-0.39, 0.29) is 5.56 Å². The Labute approximate surface area is 105 Å². The quantitative estimate of drug-likeness (QED) is 0.748. The fraction of sp³-hybridized carbons (Fsp3) is 0. The number of nitrogens with one attached hydrogen (secondary N) is 1. The van der Waals surface area contributed by atoms with Gasteiger partial charge in [0.1, 0.15) is 0 Å². The van der Waals surface area contributed by atoms with Crippen LogP contribution in [0.4, 0.5) is 0 Å². The molecule has 1 N–H and O–H groups in total. The summed E-state index contributed by atoms with van der Waals surface area (Å²) < 4.78 is 2.33. The third kappa shape index (κ3) is 1.68. The maximum atomic E-state index is 11.8. The van der Waals surface area contributed by atoms with E-state index < -0.39 is 0 Å². The van der Waals surface area contributed by atoms with Gasteiger partial charge in [0.2, 0.25) is 0 Å². The third-order valence-corrected chi connectivity index (χ3v) is 3.22. The van der Waals surface area contributed by atoms with Gasteiger partial charge in [0.25, 0.3) is 5.56 Å². The Morgan fingerprint density at radius 1 is 1.24 bits per heavy atom. The fourth-order valence-corrected chi connectivity index (χ4v) is 2.22. The minimum atomic E-state index is -0.120. The predicted octanol–water partition coefficient (Wildman–Crippen LogP) is 2.45. The van der Waals surface area contributed by atoms with Crippen molar-refractivity contribution in [3.8, 4) is 11.3 Å². The first-order valence-corrected chi connectivity index (χ1v) is 5.87. The van der Waals surface area contributed by atoms with Crippen molar-refractivity contribution in [3.05, 3.63) is 57.4 Å². The molecule has 4 nitrogen and oxygen atoms in total. The average molecular weight is 290 g/mol. The number of fused-ring (bicyclic) bond motifs is 1. The van der Waals surface area contributed by atoms with E-state index >= 15 is 0 Å². The maximum Gasteiger partial charge on any atom is 0.273 e. The molecular formula is C12H8BrN3O. The molecule has 0 aliphatic heterocycles. The van der Waals surface area contributed by atoms with Gasteiger partial charge in [-0.1, -0.05) is 34.1 Å². The molecule has 2 heterocycles. The molecule has 1 aromatic carbocycles. The van der Waals surface area contributed by atoms with Crippen LogP contribution in [0.2, 0.25) is 0 Å². The van der Waals surface area contributed by atoms with E-state index in [9.17, 15) is 4.79 Å². The number of benzene rings is 1. The van der Waals surface area contributed by atoms with Gasteiger partial charge < -0.3 is 0 Å². The molecule has 0 amide bonds. The highest BCUT2D eigenvalue weighted by Gasteiger charge is 2.07. The van der Waals surface area contributed by atoms with Crippen molar-refractivity contribution in [2.45, 2.75) is 0 Å². The monoisotopic (exact) mass is 289 g/mol. The van der Waals surface area contributed by atoms with Crippen LogP contribution in [0.25, 0.3) is 16.9 Å². The molecule has 5 heteroatoms. The lowest BCUT2D eigenvalue weighted by Crippen LogP contribution is -2.14. The zero-order chi connectivity index (χ0) is 11.8. The van der Waals surface area contributed by atoms with Crippen LogP contribution in [0.5, 0.6) is 0 Å². The number of hydrogen-bond acceptors (Lipinski definition) is 2. The van der Waals surface area contributed by atoms with Crippen LogP contribution in [-0.4, -0.2) is 14.6 Å². The van der Waals surface area contributed by atoms with Crippen molar-refractivity contribution in [1.82, 2.24) is 14.6 Å². The minimum Gasteiger partial charge on any atom is -0.297 e. The van der Waals surface area contributed by atoms with Crippen LogP contribution in [0.15, 0.2) is 51.9 Å². The second kappa shape index (κ2) is 3.85. The van der Waals surface area contributed by atoms with Crippen molar-refractivity contribution in [2.24, 2.45) is 0 Å². The first-order chi connectivity index (χ1) is 8.25. The highest BCUT2D eigenvalue weighted by atomic mass is 79.9. The smallest absolute Gasteiger partial charge is 0.273 e. The lowest BCUT2D eigenvalue weighted by atomic mass is 10.1. The van der Waals surface area contributed by atoms with Crippen LogP contribution < -0.4 is 5.56 Å². The second-order valence-electron chi connectivity index (χ2n) is 3.62. The summed E-state index contributed by atoms with van der Waals surface area (Å²) in [6.45, 7) is 0. The van der Waals surface area contributed by atoms with Crippen LogP contribution in [0, 0.1) is 0 Å². The van der Waals surface area contributed by atoms with Crippen molar-refractivity contribution in [3.63, 3.8) is 0 Å². The lowest BCUT2D eigenvalue weighted by molar-refractivity contribution is 0.901. The van der Waals surface area contributed by atoms with Crippen molar-refractivity contribution in [2.75, 3.05) is 0 Å². The van der Waals surface area contributed by atoms with Crippen LogP contribution in [-0.2, 0) is 0 Å². The van der Waals surface area contributed by atoms with Crippen molar-refractivity contribution >= 4 is 21.6 Å². The molecule has 0 radical (unpaired) electrons. The molecule has 0 aliphatic carbocycles. The molecule has 0 fully saturated rings. The molecular weight excluding hydrogens is 282 g/mol. The van der Waals surface area contributed by atoms with Gasteiger partial charge in [-0.3, -0.25) is 9.89 Å². The summed E-state index contributed by atoms with van der Waals surface area (Å²) in [5.41, 5.74) is 2.07. The number of halogens is 1. The van der Waals surface area contributed by atoms with Crippen LogP contribution >= 0.6 is 15.9 Å². The highest BCUT2D eigenvalue weighted by molar-refractivity contribution is 9.10. The van der Waals surface area contributed by atoms with Crippen molar-refractivity contribution < 1.29 is 0 Å². The second-order valence-corrected chi connectivity index (χ2v) is 4.47. The van der Waals surface area contributed by atoms with E-state index in [2.05, 4.69) is 26.0 Å². The topological polar surface area (TPSA) is 50.2 Å². The molecule has 0 aliphatic rings. The molecule has 3 rings (SSSR count). The summed E-state index contributed by atoms with van der Waals surface area (Å²) in [7, 11) is 0. The summed E-state index contributed by atoms with van der Waals surface area (Å²) >= 11 is 3.46. The zero-order valence-electron chi connectivity index (χ0n) is 8.72. The molecule has 84 valence electrons. The van der Waals surface area contributed by atoms with Gasteiger partial charge in [-0.05, 0) is 6.07 Å². The first kappa shape index (κ1) is 10.3. The molecule has 0 unspecified atom stereocenters. The summed E-state index contributed by atoms with van der Waals surface area (Å²) in [5, 5.41) is 2.81. The number of rotatable bonds is 1. The predicted molar refractivity (Wildman–Crippen MR) is 68.9 cm³/mol. The van der Waals surface area contributed by atoms with E-state index in [0.717, 1.165) is 10.0 Å². The summed E-state index contributed by atoms with van der Waals surface area (Å²) in [6, 6.07) is 11.0. The molecule has 0 bridgehead atoms. The van der Waals surface area contributed by atoms with Crippen LogP contribution in [0.3, 0.4) is 0 Å². The molecule has 17 heavy (non-hydrogen) atoms. The highest BCUT2D eigenvalue weighted by Crippen LogP contribution is 2.25. The first-order valence-electron chi connectivity index (χ1n) is 5.08. The molecule has 0 atom stereocenters.